The van der Waals surface area contributed by atoms with Gasteiger partial charge < -0.3 is 0 Å². The monoisotopic (exact) mass is 280 g/mol. The molecule has 0 aliphatic carbocycles. The SMILES string of the molecule is Cc1nc(CBr)c([N+](=O)[O-])cc1C(F)F. The second-order valence-corrected chi connectivity index (χ2v) is 3.38. The van der Waals surface area contributed by atoms with Crippen LogP contribution in [0.1, 0.15) is 23.4 Å². The highest BCUT2D eigenvalue weighted by Crippen LogP contribution is 2.28. The number of nitro groups is 1. The molecule has 1 aromatic rings. The highest BCUT2D eigenvalue weighted by Gasteiger charge is 2.21. The van der Waals surface area contributed by atoms with Crippen LogP contribution in [0.2, 0.25) is 0 Å². The molecule has 0 atom stereocenters. The van der Waals surface area contributed by atoms with E-state index in [1.165, 1.54) is 6.92 Å². The van der Waals surface area contributed by atoms with Crippen LogP contribution in [0.25, 0.3) is 0 Å². The van der Waals surface area contributed by atoms with Crippen LogP contribution in [-0.2, 0) is 5.33 Å². The number of rotatable bonds is 3. The lowest BCUT2D eigenvalue weighted by molar-refractivity contribution is -0.385. The molecule has 0 radical (unpaired) electrons. The maximum absolute atomic E-state index is 12.4. The van der Waals surface area contributed by atoms with Gasteiger partial charge in [-0.1, -0.05) is 15.9 Å². The smallest absolute Gasteiger partial charge is 0.258 e. The zero-order chi connectivity index (χ0) is 11.6. The van der Waals surface area contributed by atoms with Gasteiger partial charge in [-0.05, 0) is 6.92 Å². The number of pyridine rings is 1. The molecule has 0 aliphatic heterocycles. The first kappa shape index (κ1) is 12.0. The van der Waals surface area contributed by atoms with Crippen molar-refractivity contribution in [2.75, 3.05) is 0 Å². The Labute approximate surface area is 92.6 Å². The van der Waals surface area contributed by atoms with Gasteiger partial charge in [-0.25, -0.2) is 13.8 Å². The molecule has 0 saturated carbocycles. The van der Waals surface area contributed by atoms with Gasteiger partial charge in [0.2, 0.25) is 0 Å². The number of alkyl halides is 3. The van der Waals surface area contributed by atoms with E-state index in [0.717, 1.165) is 6.07 Å². The van der Waals surface area contributed by atoms with Gasteiger partial charge in [-0.15, -0.1) is 0 Å². The summed E-state index contributed by atoms with van der Waals surface area (Å²) in [6.45, 7) is 1.40. The number of halogens is 3. The topological polar surface area (TPSA) is 56.0 Å². The Balaban J connectivity index is 3.37. The van der Waals surface area contributed by atoms with Gasteiger partial charge in [-0.2, -0.15) is 0 Å². The first-order valence-corrected chi connectivity index (χ1v) is 5.08. The molecule has 0 fully saturated rings. The van der Waals surface area contributed by atoms with Crippen LogP contribution >= 0.6 is 15.9 Å². The van der Waals surface area contributed by atoms with E-state index in [-0.39, 0.29) is 22.4 Å². The van der Waals surface area contributed by atoms with Crippen molar-refractivity contribution in [3.63, 3.8) is 0 Å². The summed E-state index contributed by atoms with van der Waals surface area (Å²) in [6.07, 6.45) is -2.75. The minimum absolute atomic E-state index is 0.116. The predicted octanol–water partition coefficient (Wildman–Crippen LogP) is 3.13. The molecule has 1 heterocycles. The zero-order valence-corrected chi connectivity index (χ0v) is 9.29. The maximum atomic E-state index is 12.4. The average Bonchev–Trinajstić information content (AvgIpc) is 2.16. The fourth-order valence-corrected chi connectivity index (χ4v) is 1.55. The number of hydrogen-bond donors (Lipinski definition) is 0. The van der Waals surface area contributed by atoms with E-state index >= 15 is 0 Å². The quantitative estimate of drug-likeness (QED) is 0.486. The Bertz CT molecular complexity index is 398. The Kier molecular flexibility index (Phi) is 3.67. The van der Waals surface area contributed by atoms with Crippen LogP contribution < -0.4 is 0 Å². The summed E-state index contributed by atoms with van der Waals surface area (Å²) in [5.41, 5.74) is -0.508. The molecule has 0 aliphatic rings. The molecule has 0 saturated heterocycles. The van der Waals surface area contributed by atoms with Crippen LogP contribution in [0.15, 0.2) is 6.07 Å². The lowest BCUT2D eigenvalue weighted by Crippen LogP contribution is -2.02. The van der Waals surface area contributed by atoms with Gasteiger partial charge in [0, 0.05) is 17.3 Å². The third-order valence-electron chi connectivity index (χ3n) is 1.87. The Morgan fingerprint density at radius 2 is 2.27 bits per heavy atom. The van der Waals surface area contributed by atoms with E-state index in [4.69, 9.17) is 0 Å². The summed E-state index contributed by atoms with van der Waals surface area (Å²) >= 11 is 3.02. The summed E-state index contributed by atoms with van der Waals surface area (Å²) in [6, 6.07) is 0.879. The molecular weight excluding hydrogens is 274 g/mol. The normalized spacial score (nSPS) is 10.7. The lowest BCUT2D eigenvalue weighted by atomic mass is 10.1. The third kappa shape index (κ3) is 2.47. The Hall–Kier alpha value is -1.11. The van der Waals surface area contributed by atoms with Crippen LogP contribution in [0.3, 0.4) is 0 Å². The zero-order valence-electron chi connectivity index (χ0n) is 7.71. The summed E-state index contributed by atoms with van der Waals surface area (Å²) in [7, 11) is 0. The first-order valence-electron chi connectivity index (χ1n) is 3.96. The summed E-state index contributed by atoms with van der Waals surface area (Å²) in [4.78, 5) is 13.6. The molecular formula is C8H7BrF2N2O2. The summed E-state index contributed by atoms with van der Waals surface area (Å²) in [5.74, 6) is 0. The molecule has 0 aromatic carbocycles. The van der Waals surface area contributed by atoms with Crippen molar-refractivity contribution < 1.29 is 13.7 Å². The maximum Gasteiger partial charge on any atom is 0.292 e. The molecule has 0 unspecified atom stereocenters. The largest absolute Gasteiger partial charge is 0.292 e. The highest BCUT2D eigenvalue weighted by atomic mass is 79.9. The van der Waals surface area contributed by atoms with Gasteiger partial charge >= 0.3 is 0 Å². The predicted molar refractivity (Wildman–Crippen MR) is 53.2 cm³/mol. The Morgan fingerprint density at radius 3 is 2.67 bits per heavy atom. The molecule has 4 nitrogen and oxygen atoms in total. The van der Waals surface area contributed by atoms with Crippen molar-refractivity contribution in [1.82, 2.24) is 4.98 Å². The van der Waals surface area contributed by atoms with Crippen LogP contribution in [0.4, 0.5) is 14.5 Å². The Morgan fingerprint density at radius 1 is 1.67 bits per heavy atom. The van der Waals surface area contributed by atoms with Gasteiger partial charge in [-0.3, -0.25) is 10.1 Å². The molecule has 82 valence electrons. The minimum Gasteiger partial charge on any atom is -0.258 e. The van der Waals surface area contributed by atoms with Crippen molar-refractivity contribution >= 4 is 21.6 Å². The van der Waals surface area contributed by atoms with Gasteiger partial charge in [0.1, 0.15) is 5.69 Å². The van der Waals surface area contributed by atoms with E-state index < -0.39 is 16.9 Å². The lowest BCUT2D eigenvalue weighted by Gasteiger charge is -2.06. The standard InChI is InChI=1S/C8H7BrF2N2O2/c1-4-5(8(10)11)2-7(13(14)15)6(3-9)12-4/h2,8H,3H2,1H3. The molecule has 1 rings (SSSR count). The van der Waals surface area contributed by atoms with Crippen LogP contribution in [-0.4, -0.2) is 9.91 Å². The highest BCUT2D eigenvalue weighted by molar-refractivity contribution is 9.08. The average molecular weight is 281 g/mol. The summed E-state index contributed by atoms with van der Waals surface area (Å²) < 4.78 is 24.9. The second-order valence-electron chi connectivity index (χ2n) is 2.82. The fourth-order valence-electron chi connectivity index (χ4n) is 1.14. The van der Waals surface area contributed by atoms with E-state index in [2.05, 4.69) is 20.9 Å². The molecule has 15 heavy (non-hydrogen) atoms. The van der Waals surface area contributed by atoms with E-state index in [9.17, 15) is 18.9 Å². The van der Waals surface area contributed by atoms with Crippen molar-refractivity contribution in [2.24, 2.45) is 0 Å². The molecule has 1 aromatic heterocycles. The number of hydrogen-bond acceptors (Lipinski definition) is 3. The molecule has 0 N–H and O–H groups in total. The minimum atomic E-state index is -2.75. The van der Waals surface area contributed by atoms with Crippen molar-refractivity contribution in [2.45, 2.75) is 18.7 Å². The molecule has 7 heteroatoms. The van der Waals surface area contributed by atoms with Crippen molar-refractivity contribution in [3.05, 3.63) is 33.1 Å². The van der Waals surface area contributed by atoms with Gasteiger partial charge in [0.25, 0.3) is 12.1 Å². The number of aryl methyl sites for hydroxylation is 1. The number of nitrogens with zero attached hydrogens (tertiary/aromatic N) is 2. The van der Waals surface area contributed by atoms with E-state index in [1.54, 1.807) is 0 Å². The third-order valence-corrected chi connectivity index (χ3v) is 2.40. The summed E-state index contributed by atoms with van der Waals surface area (Å²) in [5, 5.41) is 10.7. The molecule has 0 amide bonds. The molecule has 0 bridgehead atoms. The van der Waals surface area contributed by atoms with Crippen molar-refractivity contribution in [3.8, 4) is 0 Å². The van der Waals surface area contributed by atoms with E-state index in [1.807, 2.05) is 0 Å². The molecule has 0 spiro atoms. The van der Waals surface area contributed by atoms with Gasteiger partial charge in [0.05, 0.1) is 10.3 Å². The van der Waals surface area contributed by atoms with Gasteiger partial charge in [0.15, 0.2) is 0 Å². The first-order chi connectivity index (χ1) is 6.97. The number of aromatic nitrogens is 1. The van der Waals surface area contributed by atoms with Crippen LogP contribution in [0, 0.1) is 17.0 Å². The fraction of sp³-hybridized carbons (Fsp3) is 0.375. The van der Waals surface area contributed by atoms with Crippen molar-refractivity contribution in [1.29, 1.82) is 0 Å². The van der Waals surface area contributed by atoms with E-state index in [0.29, 0.717) is 0 Å². The van der Waals surface area contributed by atoms with Crippen LogP contribution in [0.5, 0.6) is 0 Å². The second kappa shape index (κ2) is 4.61.